The molecule has 1 saturated carbocycles. The van der Waals surface area contributed by atoms with Crippen molar-refractivity contribution in [1.82, 2.24) is 0 Å². The summed E-state index contributed by atoms with van der Waals surface area (Å²) in [5.74, 6) is 2.13. The Hall–Kier alpha value is -1.04. The molecule has 2 rings (SSSR count). The van der Waals surface area contributed by atoms with Crippen molar-refractivity contribution < 1.29 is 0 Å². The molecule has 15 heavy (non-hydrogen) atoms. The third kappa shape index (κ3) is 1.86. The molecule has 0 amide bonds. The highest BCUT2D eigenvalue weighted by Gasteiger charge is 2.54. The molecule has 0 aromatic heterocycles. The summed E-state index contributed by atoms with van der Waals surface area (Å²) < 4.78 is 0. The Bertz CT molecular complexity index is 342. The zero-order valence-corrected chi connectivity index (χ0v) is 9.90. The molecule has 0 nitrogen and oxygen atoms in total. The molecule has 0 heteroatoms. The van der Waals surface area contributed by atoms with Gasteiger partial charge >= 0.3 is 0 Å². The highest BCUT2D eigenvalue weighted by Crippen LogP contribution is 2.62. The lowest BCUT2D eigenvalue weighted by molar-refractivity contribution is 0.334. The second-order valence-corrected chi connectivity index (χ2v) is 5.64. The SMILES string of the molecule is C=CC1C(c2ccccc2)C1C(C)(C)C. The Kier molecular flexibility index (Phi) is 2.46. The van der Waals surface area contributed by atoms with Crippen molar-refractivity contribution in [2.24, 2.45) is 17.3 Å². The zero-order valence-electron chi connectivity index (χ0n) is 9.90. The summed E-state index contributed by atoms with van der Waals surface area (Å²) in [7, 11) is 0. The third-order valence-corrected chi connectivity index (χ3v) is 3.53. The summed E-state index contributed by atoms with van der Waals surface area (Å²) in [5, 5.41) is 0. The maximum Gasteiger partial charge on any atom is -0.00569 e. The van der Waals surface area contributed by atoms with Crippen LogP contribution in [-0.2, 0) is 0 Å². The summed E-state index contributed by atoms with van der Waals surface area (Å²) >= 11 is 0. The van der Waals surface area contributed by atoms with Crippen molar-refractivity contribution in [1.29, 1.82) is 0 Å². The van der Waals surface area contributed by atoms with Gasteiger partial charge in [-0.25, -0.2) is 0 Å². The van der Waals surface area contributed by atoms with Gasteiger partial charge < -0.3 is 0 Å². The molecule has 1 aromatic rings. The van der Waals surface area contributed by atoms with E-state index in [2.05, 4.69) is 63.8 Å². The second-order valence-electron chi connectivity index (χ2n) is 5.64. The summed E-state index contributed by atoms with van der Waals surface area (Å²) in [5.41, 5.74) is 1.86. The van der Waals surface area contributed by atoms with Crippen LogP contribution in [0.15, 0.2) is 43.0 Å². The highest BCUT2D eigenvalue weighted by atomic mass is 14.6. The predicted octanol–water partition coefficient (Wildman–Crippen LogP) is 4.25. The van der Waals surface area contributed by atoms with E-state index >= 15 is 0 Å². The van der Waals surface area contributed by atoms with Gasteiger partial charge in [0.25, 0.3) is 0 Å². The Morgan fingerprint density at radius 3 is 2.13 bits per heavy atom. The second kappa shape index (κ2) is 3.52. The lowest BCUT2D eigenvalue weighted by Crippen LogP contribution is -2.09. The Labute approximate surface area is 93.0 Å². The van der Waals surface area contributed by atoms with E-state index in [1.165, 1.54) is 5.56 Å². The zero-order chi connectivity index (χ0) is 11.1. The minimum atomic E-state index is 0.388. The summed E-state index contributed by atoms with van der Waals surface area (Å²) in [6.45, 7) is 11.0. The average molecular weight is 200 g/mol. The van der Waals surface area contributed by atoms with Crippen LogP contribution in [0.2, 0.25) is 0 Å². The normalized spacial score (nSPS) is 29.9. The molecule has 0 spiro atoms. The molecule has 0 N–H and O–H groups in total. The van der Waals surface area contributed by atoms with Crippen molar-refractivity contribution in [3.63, 3.8) is 0 Å². The lowest BCUT2D eigenvalue weighted by Gasteiger charge is -2.18. The summed E-state index contributed by atoms with van der Waals surface area (Å²) in [4.78, 5) is 0. The molecular weight excluding hydrogens is 180 g/mol. The van der Waals surface area contributed by atoms with E-state index in [4.69, 9.17) is 0 Å². The minimum Gasteiger partial charge on any atom is -0.103 e. The first-order valence-electron chi connectivity index (χ1n) is 5.73. The molecule has 0 radical (unpaired) electrons. The third-order valence-electron chi connectivity index (χ3n) is 3.53. The fourth-order valence-electron chi connectivity index (χ4n) is 2.85. The van der Waals surface area contributed by atoms with E-state index in [9.17, 15) is 0 Å². The van der Waals surface area contributed by atoms with E-state index in [0.29, 0.717) is 17.3 Å². The van der Waals surface area contributed by atoms with Gasteiger partial charge in [0.1, 0.15) is 0 Å². The monoisotopic (exact) mass is 200 g/mol. The highest BCUT2D eigenvalue weighted by molar-refractivity contribution is 5.32. The Morgan fingerprint density at radius 1 is 1.13 bits per heavy atom. The van der Waals surface area contributed by atoms with E-state index in [1.807, 2.05) is 0 Å². The fourth-order valence-corrected chi connectivity index (χ4v) is 2.85. The van der Waals surface area contributed by atoms with Crippen LogP contribution in [0.25, 0.3) is 0 Å². The standard InChI is InChI=1S/C15H20/c1-5-12-13(14(12)15(2,3)4)11-9-7-6-8-10-11/h5-10,12-14H,1H2,2-4H3. The molecule has 1 aliphatic rings. The molecule has 3 atom stereocenters. The first kappa shape index (κ1) is 10.5. The van der Waals surface area contributed by atoms with Gasteiger partial charge in [-0.15, -0.1) is 6.58 Å². The quantitative estimate of drug-likeness (QED) is 0.626. The first-order chi connectivity index (χ1) is 7.05. The smallest absolute Gasteiger partial charge is 0.00569 e. The van der Waals surface area contributed by atoms with E-state index in [1.54, 1.807) is 0 Å². The maximum absolute atomic E-state index is 3.96. The van der Waals surface area contributed by atoms with Crippen LogP contribution in [0.5, 0.6) is 0 Å². The summed E-state index contributed by atoms with van der Waals surface area (Å²) in [6, 6.07) is 10.8. The van der Waals surface area contributed by atoms with Gasteiger partial charge in [-0.05, 0) is 28.7 Å². The Morgan fingerprint density at radius 2 is 1.73 bits per heavy atom. The molecule has 80 valence electrons. The number of hydrogen-bond acceptors (Lipinski definition) is 0. The lowest BCUT2D eigenvalue weighted by atomic mass is 9.87. The maximum atomic E-state index is 3.96. The Balaban J connectivity index is 2.23. The van der Waals surface area contributed by atoms with Crippen LogP contribution in [-0.4, -0.2) is 0 Å². The minimum absolute atomic E-state index is 0.388. The van der Waals surface area contributed by atoms with E-state index < -0.39 is 0 Å². The number of benzene rings is 1. The van der Waals surface area contributed by atoms with Gasteiger partial charge in [-0.3, -0.25) is 0 Å². The number of rotatable bonds is 2. The summed E-state index contributed by atoms with van der Waals surface area (Å²) in [6.07, 6.45) is 2.13. The molecule has 0 aliphatic heterocycles. The number of hydrogen-bond donors (Lipinski definition) is 0. The molecular formula is C15H20. The predicted molar refractivity (Wildman–Crippen MR) is 65.8 cm³/mol. The van der Waals surface area contributed by atoms with Crippen molar-refractivity contribution in [3.05, 3.63) is 48.6 Å². The van der Waals surface area contributed by atoms with Gasteiger partial charge in [0.2, 0.25) is 0 Å². The largest absolute Gasteiger partial charge is 0.103 e. The molecule has 3 unspecified atom stereocenters. The molecule has 1 fully saturated rings. The topological polar surface area (TPSA) is 0 Å². The van der Waals surface area contributed by atoms with Crippen LogP contribution in [0, 0.1) is 17.3 Å². The van der Waals surface area contributed by atoms with Crippen molar-refractivity contribution >= 4 is 0 Å². The molecule has 0 heterocycles. The van der Waals surface area contributed by atoms with Crippen LogP contribution in [0.1, 0.15) is 32.3 Å². The van der Waals surface area contributed by atoms with Crippen molar-refractivity contribution in [2.75, 3.05) is 0 Å². The van der Waals surface area contributed by atoms with Gasteiger partial charge in [0, 0.05) is 0 Å². The van der Waals surface area contributed by atoms with Crippen LogP contribution >= 0.6 is 0 Å². The van der Waals surface area contributed by atoms with Crippen LogP contribution in [0.3, 0.4) is 0 Å². The fraction of sp³-hybridized carbons (Fsp3) is 0.467. The number of allylic oxidation sites excluding steroid dienone is 1. The van der Waals surface area contributed by atoms with Crippen LogP contribution < -0.4 is 0 Å². The van der Waals surface area contributed by atoms with E-state index in [0.717, 1.165) is 5.92 Å². The van der Waals surface area contributed by atoms with Gasteiger partial charge in [-0.2, -0.15) is 0 Å². The van der Waals surface area contributed by atoms with Crippen molar-refractivity contribution in [2.45, 2.75) is 26.7 Å². The van der Waals surface area contributed by atoms with Gasteiger partial charge in [0.05, 0.1) is 0 Å². The van der Waals surface area contributed by atoms with Gasteiger partial charge in [-0.1, -0.05) is 57.2 Å². The van der Waals surface area contributed by atoms with Crippen molar-refractivity contribution in [3.8, 4) is 0 Å². The molecule has 1 aromatic carbocycles. The molecule has 0 saturated heterocycles. The average Bonchev–Trinajstić information content (AvgIpc) is 2.92. The molecule has 1 aliphatic carbocycles. The molecule has 0 bridgehead atoms. The van der Waals surface area contributed by atoms with Gasteiger partial charge in [0.15, 0.2) is 0 Å². The van der Waals surface area contributed by atoms with E-state index in [-0.39, 0.29) is 0 Å². The van der Waals surface area contributed by atoms with Crippen LogP contribution in [0.4, 0.5) is 0 Å². The first-order valence-corrected chi connectivity index (χ1v) is 5.73.